The second kappa shape index (κ2) is 7.60. The van der Waals surface area contributed by atoms with Gasteiger partial charge in [-0.15, -0.1) is 0 Å². The minimum Gasteiger partial charge on any atom is -0.397 e. The molecule has 114 valence electrons. The molecule has 1 unspecified atom stereocenters. The van der Waals surface area contributed by atoms with Crippen LogP contribution in [0.1, 0.15) is 27.2 Å². The first-order valence-corrected chi connectivity index (χ1v) is 6.85. The number of amides is 1. The Morgan fingerprint density at radius 1 is 1.48 bits per heavy atom. The number of carbonyl (C=O) groups excluding carboxylic acids is 1. The number of halogens is 1. The zero-order chi connectivity index (χ0) is 16.0. The molecule has 5 nitrogen and oxygen atoms in total. The monoisotopic (exact) mass is 292 g/mol. The predicted octanol–water partition coefficient (Wildman–Crippen LogP) is 2.36. The third kappa shape index (κ3) is 4.72. The highest BCUT2D eigenvalue weighted by molar-refractivity contribution is 5.97. The average Bonchev–Trinajstić information content (AvgIpc) is 2.41. The summed E-state index contributed by atoms with van der Waals surface area (Å²) in [4.78, 5) is 14.2. The molecule has 0 spiro atoms. The van der Waals surface area contributed by atoms with Crippen molar-refractivity contribution in [3.63, 3.8) is 0 Å². The Hall–Kier alpha value is -2.13. The lowest BCUT2D eigenvalue weighted by atomic mass is 10.1. The highest BCUT2D eigenvalue weighted by atomic mass is 19.1. The number of nitrogen functional groups attached to an aromatic ring is 1. The van der Waals surface area contributed by atoms with Crippen molar-refractivity contribution in [3.05, 3.63) is 24.0 Å². The molecule has 0 saturated heterocycles. The number of hydrogen-bond donors (Lipinski definition) is 2. The van der Waals surface area contributed by atoms with E-state index in [1.807, 2.05) is 18.7 Å². The van der Waals surface area contributed by atoms with Gasteiger partial charge in [-0.1, -0.05) is 0 Å². The number of hydrogen-bond acceptors (Lipinski definition) is 4. The van der Waals surface area contributed by atoms with E-state index in [0.717, 1.165) is 6.07 Å². The van der Waals surface area contributed by atoms with E-state index in [0.29, 0.717) is 18.7 Å². The van der Waals surface area contributed by atoms with Crippen molar-refractivity contribution in [3.8, 4) is 6.07 Å². The smallest absolute Gasteiger partial charge is 0.241 e. The lowest BCUT2D eigenvalue weighted by molar-refractivity contribution is -0.121. The first-order valence-electron chi connectivity index (χ1n) is 6.85. The molecule has 0 aliphatic rings. The zero-order valence-corrected chi connectivity index (χ0v) is 12.6. The Balaban J connectivity index is 2.79. The summed E-state index contributed by atoms with van der Waals surface area (Å²) < 4.78 is 13.0. The molecule has 1 rings (SSSR count). The molecule has 1 aromatic carbocycles. The number of benzene rings is 1. The van der Waals surface area contributed by atoms with Gasteiger partial charge >= 0.3 is 0 Å². The molecule has 0 heterocycles. The minimum absolute atomic E-state index is 0.129. The van der Waals surface area contributed by atoms with Gasteiger partial charge in [0, 0.05) is 19.0 Å². The Bertz CT molecular complexity index is 539. The van der Waals surface area contributed by atoms with Crippen LogP contribution >= 0.6 is 0 Å². The van der Waals surface area contributed by atoms with Crippen molar-refractivity contribution in [1.29, 1.82) is 5.26 Å². The van der Waals surface area contributed by atoms with Crippen LogP contribution in [-0.2, 0) is 4.79 Å². The summed E-state index contributed by atoms with van der Waals surface area (Å²) in [6.45, 7) is 6.22. The first kappa shape index (κ1) is 16.9. The van der Waals surface area contributed by atoms with Gasteiger partial charge in [0.15, 0.2) is 0 Å². The average molecular weight is 292 g/mol. The highest BCUT2D eigenvalue weighted by Gasteiger charge is 2.23. The van der Waals surface area contributed by atoms with Crippen LogP contribution in [0.4, 0.5) is 15.8 Å². The van der Waals surface area contributed by atoms with Gasteiger partial charge in [-0.2, -0.15) is 5.26 Å². The summed E-state index contributed by atoms with van der Waals surface area (Å²) in [7, 11) is 0. The van der Waals surface area contributed by atoms with Gasteiger partial charge in [0.2, 0.25) is 5.91 Å². The lowest BCUT2D eigenvalue weighted by Crippen LogP contribution is -2.46. The summed E-state index contributed by atoms with van der Waals surface area (Å²) in [5.74, 6) is -0.684. The number of carbonyl (C=O) groups is 1. The van der Waals surface area contributed by atoms with Crippen molar-refractivity contribution >= 4 is 17.3 Å². The number of nitrogens with zero attached hydrogens (tertiary/aromatic N) is 2. The Morgan fingerprint density at radius 3 is 2.67 bits per heavy atom. The standard InChI is InChI=1S/C15H21FN4O/c1-10(2)20(8-4-7-17)11(3)15(21)19-14-6-5-12(16)9-13(14)18/h5-6,9-11H,4,8,18H2,1-3H3,(H,19,21). The number of nitriles is 1. The van der Waals surface area contributed by atoms with Crippen molar-refractivity contribution in [2.45, 2.75) is 39.3 Å². The van der Waals surface area contributed by atoms with Crippen molar-refractivity contribution in [2.75, 3.05) is 17.6 Å². The molecule has 0 saturated carbocycles. The van der Waals surface area contributed by atoms with Crippen molar-refractivity contribution in [1.82, 2.24) is 4.90 Å². The molecule has 0 aliphatic heterocycles. The van der Waals surface area contributed by atoms with E-state index in [1.54, 1.807) is 6.92 Å². The predicted molar refractivity (Wildman–Crippen MR) is 81.0 cm³/mol. The lowest BCUT2D eigenvalue weighted by Gasteiger charge is -2.31. The van der Waals surface area contributed by atoms with Gasteiger partial charge in [0.1, 0.15) is 5.82 Å². The van der Waals surface area contributed by atoms with Crippen molar-refractivity contribution < 1.29 is 9.18 Å². The number of rotatable bonds is 6. The number of anilines is 2. The summed E-state index contributed by atoms with van der Waals surface area (Å²) in [6.07, 6.45) is 0.356. The third-order valence-corrected chi connectivity index (χ3v) is 3.29. The van der Waals surface area contributed by atoms with E-state index in [4.69, 9.17) is 11.0 Å². The van der Waals surface area contributed by atoms with Gasteiger partial charge in [-0.25, -0.2) is 4.39 Å². The fourth-order valence-electron chi connectivity index (χ4n) is 2.11. The van der Waals surface area contributed by atoms with Crippen molar-refractivity contribution in [2.24, 2.45) is 0 Å². The molecule has 6 heteroatoms. The summed E-state index contributed by atoms with van der Waals surface area (Å²) in [6, 6.07) is 5.63. The summed E-state index contributed by atoms with van der Waals surface area (Å²) in [5.41, 5.74) is 6.24. The zero-order valence-electron chi connectivity index (χ0n) is 12.6. The fourth-order valence-corrected chi connectivity index (χ4v) is 2.11. The van der Waals surface area contributed by atoms with Crippen LogP contribution in [0.2, 0.25) is 0 Å². The van der Waals surface area contributed by atoms with Gasteiger partial charge in [0.25, 0.3) is 0 Å². The van der Waals surface area contributed by atoms with E-state index >= 15 is 0 Å². The van der Waals surface area contributed by atoms with Crippen LogP contribution in [0.5, 0.6) is 0 Å². The molecular formula is C15H21FN4O. The second-order valence-corrected chi connectivity index (χ2v) is 5.14. The molecule has 0 radical (unpaired) electrons. The van der Waals surface area contributed by atoms with Crippen LogP contribution in [0.25, 0.3) is 0 Å². The Labute approximate surface area is 124 Å². The van der Waals surface area contributed by atoms with E-state index in [1.165, 1.54) is 12.1 Å². The van der Waals surface area contributed by atoms with E-state index < -0.39 is 11.9 Å². The molecule has 1 aromatic rings. The topological polar surface area (TPSA) is 82.2 Å². The maximum absolute atomic E-state index is 13.0. The van der Waals surface area contributed by atoms with Gasteiger partial charge in [-0.05, 0) is 39.0 Å². The molecule has 3 N–H and O–H groups in total. The Morgan fingerprint density at radius 2 is 2.14 bits per heavy atom. The fraction of sp³-hybridized carbons (Fsp3) is 0.467. The van der Waals surface area contributed by atoms with Crippen LogP contribution in [-0.4, -0.2) is 29.4 Å². The highest BCUT2D eigenvalue weighted by Crippen LogP contribution is 2.20. The molecule has 1 amide bonds. The van der Waals surface area contributed by atoms with Gasteiger partial charge in [-0.3, -0.25) is 9.69 Å². The second-order valence-electron chi connectivity index (χ2n) is 5.14. The maximum Gasteiger partial charge on any atom is 0.241 e. The number of nitrogens with two attached hydrogens (primary N) is 1. The van der Waals surface area contributed by atoms with Crippen LogP contribution < -0.4 is 11.1 Å². The van der Waals surface area contributed by atoms with Gasteiger partial charge in [0.05, 0.1) is 23.5 Å². The molecule has 0 aliphatic carbocycles. The van der Waals surface area contributed by atoms with E-state index in [2.05, 4.69) is 11.4 Å². The first-order chi connectivity index (χ1) is 9.86. The molecule has 21 heavy (non-hydrogen) atoms. The Kier molecular flexibility index (Phi) is 6.12. The molecule has 1 atom stereocenters. The quantitative estimate of drug-likeness (QED) is 0.789. The third-order valence-electron chi connectivity index (χ3n) is 3.29. The van der Waals surface area contributed by atoms with E-state index in [-0.39, 0.29) is 17.6 Å². The SMILES string of the molecule is CC(C)N(CCC#N)C(C)C(=O)Nc1ccc(F)cc1N. The largest absolute Gasteiger partial charge is 0.397 e. The summed E-state index contributed by atoms with van der Waals surface area (Å²) >= 11 is 0. The van der Waals surface area contributed by atoms with Crippen LogP contribution in [0, 0.1) is 17.1 Å². The van der Waals surface area contributed by atoms with E-state index in [9.17, 15) is 9.18 Å². The van der Waals surface area contributed by atoms with Crippen LogP contribution in [0.3, 0.4) is 0 Å². The van der Waals surface area contributed by atoms with Crippen LogP contribution in [0.15, 0.2) is 18.2 Å². The maximum atomic E-state index is 13.0. The molecular weight excluding hydrogens is 271 g/mol. The number of nitrogens with one attached hydrogen (secondary N) is 1. The minimum atomic E-state index is -0.448. The molecule has 0 aromatic heterocycles. The summed E-state index contributed by atoms with van der Waals surface area (Å²) in [5, 5.41) is 11.4. The normalized spacial score (nSPS) is 12.2. The molecule has 0 bridgehead atoms. The van der Waals surface area contributed by atoms with Gasteiger partial charge < -0.3 is 11.1 Å². The molecule has 0 fully saturated rings.